The first-order chi connectivity index (χ1) is 45.6. The van der Waals surface area contributed by atoms with Crippen molar-refractivity contribution in [3.05, 3.63) is 101 Å². The Balaban J connectivity index is 0.612. The van der Waals surface area contributed by atoms with Gasteiger partial charge in [0.1, 0.15) is 34.6 Å². The van der Waals surface area contributed by atoms with Gasteiger partial charge in [-0.15, -0.1) is 0 Å². The van der Waals surface area contributed by atoms with Crippen LogP contribution in [0.25, 0.3) is 0 Å². The summed E-state index contributed by atoms with van der Waals surface area (Å²) in [6, 6.07) is 20.5. The number of hydrogen-bond donors (Lipinski definition) is 10. The minimum Gasteiger partial charge on any atom is -0.508 e. The summed E-state index contributed by atoms with van der Waals surface area (Å²) in [6.07, 6.45) is 15.3. The van der Waals surface area contributed by atoms with E-state index < -0.39 is 11.6 Å². The van der Waals surface area contributed by atoms with Crippen LogP contribution < -0.4 is 48.1 Å². The number of thiocarbonyl (C=S) groups is 1. The summed E-state index contributed by atoms with van der Waals surface area (Å²) in [5.41, 5.74) is 14.0. The Labute approximate surface area is 562 Å². The van der Waals surface area contributed by atoms with Crippen molar-refractivity contribution in [2.45, 2.75) is 182 Å². The predicted molar refractivity (Wildman–Crippen MR) is 371 cm³/mol. The van der Waals surface area contributed by atoms with E-state index in [9.17, 15) is 39.0 Å². The number of rotatable bonds is 38. The van der Waals surface area contributed by atoms with Crippen molar-refractivity contribution in [2.75, 3.05) is 60.4 Å². The summed E-state index contributed by atoms with van der Waals surface area (Å²) in [5.74, 6) is 3.02. The predicted octanol–water partition coefficient (Wildman–Crippen LogP) is 10.0. The number of thioether (sulfide) groups is 2. The van der Waals surface area contributed by atoms with Gasteiger partial charge >= 0.3 is 5.97 Å². The molecule has 25 heteroatoms. The van der Waals surface area contributed by atoms with E-state index in [0.717, 1.165) is 88.6 Å². The Morgan fingerprint density at radius 2 is 1.07 bits per heavy atom. The molecule has 4 aromatic carbocycles. The highest BCUT2D eigenvalue weighted by Crippen LogP contribution is 2.57. The van der Waals surface area contributed by atoms with Crippen molar-refractivity contribution < 1.29 is 57.9 Å². The van der Waals surface area contributed by atoms with Crippen molar-refractivity contribution in [1.29, 1.82) is 0 Å². The first-order valence-electron chi connectivity index (χ1n) is 33.3. The van der Waals surface area contributed by atoms with Crippen LogP contribution in [0.15, 0.2) is 82.8 Å². The fraction of sp³-hybridized carbons (Fsp3) is 0.522. The zero-order valence-corrected chi connectivity index (χ0v) is 55.6. The number of amides is 2. The van der Waals surface area contributed by atoms with Crippen LogP contribution in [0, 0.1) is 0 Å². The topological polar surface area (TPSA) is 329 Å². The number of carbonyl (C=O) groups excluding carboxylic acids is 6. The number of benzene rings is 4. The van der Waals surface area contributed by atoms with E-state index in [4.69, 9.17) is 42.6 Å². The molecule has 6 heterocycles. The van der Waals surface area contributed by atoms with E-state index in [1.807, 2.05) is 23.5 Å². The second-order valence-electron chi connectivity index (χ2n) is 25.0. The number of carbonyl (C=O) groups is 6. The van der Waals surface area contributed by atoms with Crippen LogP contribution in [0.4, 0.5) is 17.1 Å². The van der Waals surface area contributed by atoms with Crippen LogP contribution in [0.1, 0.15) is 179 Å². The number of ketones is 3. The number of aliphatic imine (C=N–C) groups is 2. The van der Waals surface area contributed by atoms with Crippen molar-refractivity contribution in [3.8, 4) is 23.0 Å². The fourth-order valence-corrected chi connectivity index (χ4v) is 16.4. The lowest BCUT2D eigenvalue weighted by Gasteiger charge is -2.36. The van der Waals surface area contributed by atoms with Crippen molar-refractivity contribution >= 4 is 105 Å². The van der Waals surface area contributed by atoms with Gasteiger partial charge in [0.25, 0.3) is 0 Å². The highest BCUT2D eigenvalue weighted by atomic mass is 32.2. The molecular formula is C69H88N10O12S3. The molecule has 22 nitrogen and oxygen atoms in total. The highest BCUT2D eigenvalue weighted by Gasteiger charge is 2.54. The van der Waals surface area contributed by atoms with Gasteiger partial charge in [-0.05, 0) is 125 Å². The van der Waals surface area contributed by atoms with Crippen LogP contribution in [-0.2, 0) is 39.0 Å². The minimum absolute atomic E-state index is 0.0334. The summed E-state index contributed by atoms with van der Waals surface area (Å²) in [5, 5.41) is 40.3. The molecule has 2 fully saturated rings. The molecule has 6 atom stereocenters. The third-order valence-electron chi connectivity index (χ3n) is 17.9. The molecule has 0 aliphatic carbocycles. The second-order valence-corrected chi connectivity index (χ2v) is 27.9. The van der Waals surface area contributed by atoms with Crippen molar-refractivity contribution in [1.82, 2.24) is 16.0 Å². The normalized spacial score (nSPS) is 19.9. The molecule has 2 amide bonds. The third kappa shape index (κ3) is 18.7. The van der Waals surface area contributed by atoms with Crippen LogP contribution in [0.3, 0.4) is 0 Å². The lowest BCUT2D eigenvalue weighted by molar-refractivity contribution is -0.120. The molecule has 4 aromatic rings. The molecule has 2 saturated heterocycles. The summed E-state index contributed by atoms with van der Waals surface area (Å²) >= 11 is 9.42. The fourth-order valence-electron chi connectivity index (χ4n) is 13.1. The first kappa shape index (κ1) is 69.4. The van der Waals surface area contributed by atoms with Crippen molar-refractivity contribution in [3.63, 3.8) is 0 Å². The minimum atomic E-state index is -1.38. The zero-order valence-electron chi connectivity index (χ0n) is 53.1. The van der Waals surface area contributed by atoms with Crippen LogP contribution in [0.2, 0.25) is 0 Å². The monoisotopic (exact) mass is 1340 g/mol. The quantitative estimate of drug-likeness (QED) is 0.00863. The molecule has 12 N–H and O–H groups in total. The highest BCUT2D eigenvalue weighted by molar-refractivity contribution is 8.00. The Morgan fingerprint density at radius 3 is 1.62 bits per heavy atom. The first-order valence-corrected chi connectivity index (χ1v) is 35.8. The number of nitrogens with one attached hydrogen (secondary N) is 6. The number of nitrogens with two attached hydrogens (primary N) is 2. The Morgan fingerprint density at radius 1 is 0.574 bits per heavy atom. The summed E-state index contributed by atoms with van der Waals surface area (Å²) in [6.45, 7) is 1.58. The van der Waals surface area contributed by atoms with E-state index in [-0.39, 0.29) is 83.5 Å². The lowest BCUT2D eigenvalue weighted by atomic mass is 9.77. The Hall–Kier alpha value is -7.45. The van der Waals surface area contributed by atoms with E-state index in [1.165, 1.54) is 24.3 Å². The average molecular weight is 1350 g/mol. The molecule has 0 aromatic heterocycles. The summed E-state index contributed by atoms with van der Waals surface area (Å²) in [4.78, 5) is 88.2. The number of guanidine groups is 2. The van der Waals surface area contributed by atoms with Gasteiger partial charge in [-0.25, -0.2) is 14.8 Å². The van der Waals surface area contributed by atoms with Gasteiger partial charge in [-0.1, -0.05) is 44.6 Å². The molecule has 504 valence electrons. The number of nitrogens with zero attached hydrogens (tertiary/aromatic N) is 2. The number of unbranched alkanes of at least 4 members (excludes halogenated alkanes) is 8. The van der Waals surface area contributed by atoms with Gasteiger partial charge in [0, 0.05) is 132 Å². The van der Waals surface area contributed by atoms with Gasteiger partial charge in [0.2, 0.25) is 11.8 Å². The third-order valence-corrected chi connectivity index (χ3v) is 21.1. The van der Waals surface area contributed by atoms with Gasteiger partial charge < -0.3 is 72.5 Å². The molecule has 0 unspecified atom stereocenters. The lowest BCUT2D eigenvalue weighted by Crippen LogP contribution is -2.38. The van der Waals surface area contributed by atoms with Crippen LogP contribution in [0.5, 0.6) is 23.0 Å². The van der Waals surface area contributed by atoms with Crippen molar-refractivity contribution in [2.24, 2.45) is 21.5 Å². The smallest absolute Gasteiger partial charge is 0.340 e. The van der Waals surface area contributed by atoms with Gasteiger partial charge in [-0.3, -0.25) is 24.0 Å². The van der Waals surface area contributed by atoms with Gasteiger partial charge in [0.05, 0.1) is 49.6 Å². The number of fused-ring (bicyclic) bond motifs is 8. The maximum absolute atomic E-state index is 13.7. The number of ether oxygens (including phenoxy) is 4. The number of phenolic OH excluding ortho intramolecular Hbond substituents is 2. The number of anilines is 3. The van der Waals surface area contributed by atoms with E-state index in [2.05, 4.69) is 41.9 Å². The molecule has 0 bridgehead atoms. The number of hydrogen-bond acceptors (Lipinski definition) is 21. The molecule has 0 saturated carbocycles. The zero-order chi connectivity index (χ0) is 66.0. The number of phenols is 2. The largest absolute Gasteiger partial charge is 0.508 e. The molecular weight excluding hydrogens is 1260 g/mol. The molecule has 0 radical (unpaired) electrons. The maximum Gasteiger partial charge on any atom is 0.340 e. The SMILES string of the molecule is NC1=N[C@H]2[C@H](CS[C@H]2CCCCC(=O)CCCCCCC(=O)Nc2cc(NC(=O)CCCCCCC(=O)CCCC[C@@H]3SC[C@@H]4NC(N)=N[C@@H]43)cc(C(=O)CCCOCCOCCNC(=S)Nc3ccc4c(c3)C(=O)OC43c4ccc(O)cc4Oc4cc(O)ccc43)c2)N1. The van der Waals surface area contributed by atoms with Gasteiger partial charge in [-0.2, -0.15) is 23.5 Å². The number of aromatic hydroxyl groups is 2. The van der Waals surface area contributed by atoms with Crippen LogP contribution >= 0.6 is 35.7 Å². The summed E-state index contributed by atoms with van der Waals surface area (Å²) < 4.78 is 23.8. The van der Waals surface area contributed by atoms with E-state index in [1.54, 1.807) is 48.5 Å². The van der Waals surface area contributed by atoms with Crippen LogP contribution in [-0.4, -0.2) is 142 Å². The number of esters is 1. The van der Waals surface area contributed by atoms with E-state index >= 15 is 0 Å². The number of Topliss-reactive ketones (excluding diaryl/α,β-unsaturated/α-hetero) is 3. The Bertz CT molecular complexity index is 3300. The molecule has 10 rings (SSSR count). The van der Waals surface area contributed by atoms with E-state index in [0.29, 0.717) is 162 Å². The molecule has 94 heavy (non-hydrogen) atoms. The summed E-state index contributed by atoms with van der Waals surface area (Å²) in [7, 11) is 0. The molecule has 6 aliphatic heterocycles. The maximum atomic E-state index is 13.7. The second kappa shape index (κ2) is 33.8. The molecule has 6 aliphatic rings. The molecule has 1 spiro atoms. The average Bonchev–Trinajstić information content (AvgIpc) is 1.42. The van der Waals surface area contributed by atoms with Gasteiger partial charge in [0.15, 0.2) is 28.4 Å². The Kier molecular flexibility index (Phi) is 24.9. The standard InChI is InChI=1S/C69H88N10O12S3/c70-66-76-54-40-93-59(63(54)78-66)19-11-9-16-46(80)14-5-1-3-7-21-61(85)73-44-34-42(35-45(36-44)74-62(86)22-8-4-2-6-15-47(81)17-10-12-20-60-64-55(41-94-60)77-67(71)79-64)56(84)18-13-30-88-32-33-89-31-29-72-68(92)75-43-23-26-51-50(37-43)65(87)91-69(51)52-27-24-48(82)38-57(52)90-58-39-49(83)25-28-53(58)69/h23-28,34-39,54-55,59-60,63-64,82-83H,1-22,29-33,40-41H2,(H,73,85)(H,74,86)(H3,70,76,78)(H3,71,77,79)(H2,72,75,92)/t54-,55-,59-,60-,63-,64-/m0/s1.